The Labute approximate surface area is 82.9 Å². The van der Waals surface area contributed by atoms with Crippen molar-refractivity contribution in [1.29, 1.82) is 0 Å². The maximum absolute atomic E-state index is 11.0. The van der Waals surface area contributed by atoms with Gasteiger partial charge in [0.15, 0.2) is 0 Å². The van der Waals surface area contributed by atoms with Gasteiger partial charge in [0.1, 0.15) is 0 Å². The quantitative estimate of drug-likeness (QED) is 0.466. The molecule has 7 heteroatoms. The van der Waals surface area contributed by atoms with E-state index in [4.69, 9.17) is 11.6 Å². The zero-order chi connectivity index (χ0) is 10.3. The van der Waals surface area contributed by atoms with Gasteiger partial charge < -0.3 is 5.32 Å². The number of carbonyl (C=O) groups is 1. The molecular weight excluding hydrogens is 216 g/mol. The maximum atomic E-state index is 11.0. The van der Waals surface area contributed by atoms with Crippen LogP contribution < -0.4 is 10.0 Å². The third-order valence-corrected chi connectivity index (χ3v) is 2.97. The molecule has 0 aromatic carbocycles. The SMILES string of the molecule is CC(=O)NCCNS(=O)(=O)CCCl. The van der Waals surface area contributed by atoms with E-state index in [1.54, 1.807) is 0 Å². The summed E-state index contributed by atoms with van der Waals surface area (Å²) in [5.41, 5.74) is 0. The normalized spacial score (nSPS) is 11.2. The Morgan fingerprint density at radius 2 is 2.00 bits per heavy atom. The minimum Gasteiger partial charge on any atom is -0.355 e. The summed E-state index contributed by atoms with van der Waals surface area (Å²) in [6, 6.07) is 0. The van der Waals surface area contributed by atoms with E-state index in [1.807, 2.05) is 0 Å². The van der Waals surface area contributed by atoms with Crippen molar-refractivity contribution in [3.63, 3.8) is 0 Å². The van der Waals surface area contributed by atoms with Crippen molar-refractivity contribution in [3.8, 4) is 0 Å². The molecule has 0 rings (SSSR count). The Bertz CT molecular complexity index is 253. The molecule has 2 N–H and O–H groups in total. The number of nitrogens with one attached hydrogen (secondary N) is 2. The molecule has 0 saturated carbocycles. The standard InChI is InChI=1S/C6H13ClN2O3S/c1-6(10)8-3-4-9-13(11,12)5-2-7/h9H,2-5H2,1H3,(H,8,10). The van der Waals surface area contributed by atoms with Crippen molar-refractivity contribution < 1.29 is 13.2 Å². The Morgan fingerprint density at radius 3 is 2.46 bits per heavy atom. The minimum absolute atomic E-state index is 0.0650. The number of hydrogen-bond donors (Lipinski definition) is 2. The monoisotopic (exact) mass is 228 g/mol. The smallest absolute Gasteiger partial charge is 0.216 e. The highest BCUT2D eigenvalue weighted by Gasteiger charge is 2.07. The molecule has 0 radical (unpaired) electrons. The molecule has 13 heavy (non-hydrogen) atoms. The maximum Gasteiger partial charge on any atom is 0.216 e. The van der Waals surface area contributed by atoms with Crippen LogP contribution in [0.5, 0.6) is 0 Å². The van der Waals surface area contributed by atoms with Crippen LogP contribution in [0.3, 0.4) is 0 Å². The van der Waals surface area contributed by atoms with Crippen LogP contribution >= 0.6 is 11.6 Å². The highest BCUT2D eigenvalue weighted by molar-refractivity contribution is 7.89. The number of amides is 1. The molecule has 5 nitrogen and oxygen atoms in total. The largest absolute Gasteiger partial charge is 0.355 e. The van der Waals surface area contributed by atoms with E-state index in [2.05, 4.69) is 10.0 Å². The molecule has 78 valence electrons. The number of halogens is 1. The van der Waals surface area contributed by atoms with Crippen LogP contribution in [0.25, 0.3) is 0 Å². The number of rotatable bonds is 6. The number of hydrogen-bond acceptors (Lipinski definition) is 3. The van der Waals surface area contributed by atoms with Crippen LogP contribution in [0.2, 0.25) is 0 Å². The fourth-order valence-electron chi connectivity index (χ4n) is 0.619. The first kappa shape index (κ1) is 12.7. The van der Waals surface area contributed by atoms with Gasteiger partial charge in [0.05, 0.1) is 5.75 Å². The van der Waals surface area contributed by atoms with E-state index in [1.165, 1.54) is 6.92 Å². The third kappa shape index (κ3) is 8.01. The predicted molar refractivity (Wildman–Crippen MR) is 51.2 cm³/mol. The van der Waals surface area contributed by atoms with Gasteiger partial charge >= 0.3 is 0 Å². The molecule has 0 aliphatic rings. The predicted octanol–water partition coefficient (Wildman–Crippen LogP) is -0.719. The summed E-state index contributed by atoms with van der Waals surface area (Å²) in [5, 5.41) is 2.46. The van der Waals surface area contributed by atoms with Crippen molar-refractivity contribution in [1.82, 2.24) is 10.0 Å². The second-order valence-corrected chi connectivity index (χ2v) is 4.69. The first-order chi connectivity index (χ1) is 5.98. The van der Waals surface area contributed by atoms with E-state index >= 15 is 0 Å². The molecule has 0 aromatic rings. The van der Waals surface area contributed by atoms with Gasteiger partial charge in [-0.25, -0.2) is 13.1 Å². The second-order valence-electron chi connectivity index (χ2n) is 2.39. The summed E-state index contributed by atoms with van der Waals surface area (Å²) in [6.45, 7) is 1.85. The molecule has 0 bridgehead atoms. The first-order valence-corrected chi connectivity index (χ1v) is 5.94. The molecule has 0 aliphatic carbocycles. The van der Waals surface area contributed by atoms with Gasteiger partial charge in [-0.15, -0.1) is 11.6 Å². The lowest BCUT2D eigenvalue weighted by molar-refractivity contribution is -0.118. The lowest BCUT2D eigenvalue weighted by atomic mass is 10.6. The average molecular weight is 229 g/mol. The van der Waals surface area contributed by atoms with Crippen molar-refractivity contribution >= 4 is 27.5 Å². The van der Waals surface area contributed by atoms with Crippen LogP contribution in [0.15, 0.2) is 0 Å². The van der Waals surface area contributed by atoms with E-state index in [0.29, 0.717) is 0 Å². The van der Waals surface area contributed by atoms with Crippen LogP contribution in [0.4, 0.5) is 0 Å². The summed E-state index contributed by atoms with van der Waals surface area (Å²) in [6.07, 6.45) is 0. The third-order valence-electron chi connectivity index (χ3n) is 1.17. The molecule has 0 atom stereocenters. The van der Waals surface area contributed by atoms with Crippen molar-refractivity contribution in [2.24, 2.45) is 0 Å². The minimum atomic E-state index is -3.26. The second kappa shape index (κ2) is 6.17. The Kier molecular flexibility index (Phi) is 6.02. The van der Waals surface area contributed by atoms with Crippen LogP contribution in [0, 0.1) is 0 Å². The lowest BCUT2D eigenvalue weighted by Crippen LogP contribution is -2.35. The summed E-state index contributed by atoms with van der Waals surface area (Å²) in [4.78, 5) is 10.4. The molecular formula is C6H13ClN2O3S. The van der Waals surface area contributed by atoms with Gasteiger partial charge in [-0.05, 0) is 0 Å². The molecule has 0 spiro atoms. The molecule has 0 heterocycles. The number of sulfonamides is 1. The van der Waals surface area contributed by atoms with Crippen LogP contribution in [0.1, 0.15) is 6.92 Å². The van der Waals surface area contributed by atoms with Gasteiger partial charge in [-0.3, -0.25) is 4.79 Å². The Balaban J connectivity index is 3.58. The molecule has 1 amide bonds. The lowest BCUT2D eigenvalue weighted by Gasteiger charge is -2.04. The van der Waals surface area contributed by atoms with Gasteiger partial charge in [-0.1, -0.05) is 0 Å². The first-order valence-electron chi connectivity index (χ1n) is 3.75. The average Bonchev–Trinajstić information content (AvgIpc) is 1.98. The van der Waals surface area contributed by atoms with Gasteiger partial charge in [0, 0.05) is 25.9 Å². The van der Waals surface area contributed by atoms with Crippen molar-refractivity contribution in [2.75, 3.05) is 24.7 Å². The molecule has 0 saturated heterocycles. The fraction of sp³-hybridized carbons (Fsp3) is 0.833. The molecule has 0 aliphatic heterocycles. The van der Waals surface area contributed by atoms with Crippen LogP contribution in [-0.2, 0) is 14.8 Å². The van der Waals surface area contributed by atoms with Gasteiger partial charge in [-0.2, -0.15) is 0 Å². The van der Waals surface area contributed by atoms with E-state index < -0.39 is 10.0 Å². The fourth-order valence-corrected chi connectivity index (χ4v) is 1.99. The summed E-state index contributed by atoms with van der Waals surface area (Å²) >= 11 is 5.26. The summed E-state index contributed by atoms with van der Waals surface area (Å²) in [5.74, 6) is -0.221. The van der Waals surface area contributed by atoms with E-state index in [0.717, 1.165) is 0 Å². The Morgan fingerprint density at radius 1 is 1.38 bits per heavy atom. The van der Waals surface area contributed by atoms with Gasteiger partial charge in [0.2, 0.25) is 15.9 Å². The molecule has 0 unspecified atom stereocenters. The van der Waals surface area contributed by atoms with E-state index in [-0.39, 0.29) is 30.6 Å². The number of carbonyl (C=O) groups excluding carboxylic acids is 1. The zero-order valence-corrected chi connectivity index (χ0v) is 8.91. The van der Waals surface area contributed by atoms with E-state index in [9.17, 15) is 13.2 Å². The van der Waals surface area contributed by atoms with Gasteiger partial charge in [0.25, 0.3) is 0 Å². The van der Waals surface area contributed by atoms with Crippen molar-refractivity contribution in [3.05, 3.63) is 0 Å². The number of alkyl halides is 1. The summed E-state index contributed by atoms with van der Waals surface area (Å²) in [7, 11) is -3.26. The highest BCUT2D eigenvalue weighted by Crippen LogP contribution is 1.85. The molecule has 0 aromatic heterocycles. The zero-order valence-electron chi connectivity index (χ0n) is 7.34. The summed E-state index contributed by atoms with van der Waals surface area (Å²) < 4.78 is 24.2. The Hall–Kier alpha value is -0.330. The molecule has 0 fully saturated rings. The van der Waals surface area contributed by atoms with Crippen LogP contribution in [-0.4, -0.2) is 39.0 Å². The van der Waals surface area contributed by atoms with Crippen molar-refractivity contribution in [2.45, 2.75) is 6.92 Å². The highest BCUT2D eigenvalue weighted by atomic mass is 35.5. The topological polar surface area (TPSA) is 75.3 Å².